The average Bonchev–Trinajstić information content (AvgIpc) is 3.83. The molecule has 0 amide bonds. The molecule has 11 aromatic rings. The van der Waals surface area contributed by atoms with Crippen molar-refractivity contribution in [1.82, 2.24) is 4.57 Å². The highest BCUT2D eigenvalue weighted by Gasteiger charge is 2.21. The molecule has 0 unspecified atom stereocenters. The van der Waals surface area contributed by atoms with E-state index in [4.69, 9.17) is 4.42 Å². The molecule has 0 bridgehead atoms. The number of nitrogens with zero attached hydrogens (tertiary/aromatic N) is 2. The molecule has 2 heterocycles. The standard InChI is InChI=1S/C55H38N2O/c1-37-33-44(31-32-46(37)40-17-6-3-7-18-40)56(42-29-27-39(28-30-42)38-15-4-2-5-16-38)45-35-50(55-51(36-45)49-23-10-13-26-54(49)58-55)41-19-14-20-43(34-41)57-52-24-11-8-21-47(52)48-22-9-12-25-53(48)57/h2-36H,1H3. The molecule has 0 atom stereocenters. The molecule has 0 spiro atoms. The molecule has 0 radical (unpaired) electrons. The minimum Gasteiger partial charge on any atom is -0.455 e. The van der Waals surface area contributed by atoms with Gasteiger partial charge in [-0.05, 0) is 107 Å². The van der Waals surface area contributed by atoms with Crippen LogP contribution in [0.15, 0.2) is 217 Å². The lowest BCUT2D eigenvalue weighted by Gasteiger charge is -2.27. The highest BCUT2D eigenvalue weighted by molar-refractivity contribution is 6.12. The Balaban J connectivity index is 1.13. The summed E-state index contributed by atoms with van der Waals surface area (Å²) in [5.41, 5.74) is 16.6. The van der Waals surface area contributed by atoms with Gasteiger partial charge < -0.3 is 13.9 Å². The van der Waals surface area contributed by atoms with Crippen LogP contribution in [0.2, 0.25) is 0 Å². The molecule has 58 heavy (non-hydrogen) atoms. The lowest BCUT2D eigenvalue weighted by molar-refractivity contribution is 0.670. The van der Waals surface area contributed by atoms with Crippen LogP contribution in [0.5, 0.6) is 0 Å². The van der Waals surface area contributed by atoms with Gasteiger partial charge >= 0.3 is 0 Å². The summed E-state index contributed by atoms with van der Waals surface area (Å²) in [5.74, 6) is 0. The van der Waals surface area contributed by atoms with E-state index in [-0.39, 0.29) is 0 Å². The van der Waals surface area contributed by atoms with E-state index in [2.05, 4.69) is 223 Å². The fraction of sp³-hybridized carbons (Fsp3) is 0.0182. The molecule has 2 aromatic heterocycles. The van der Waals surface area contributed by atoms with Crippen LogP contribution >= 0.6 is 0 Å². The first-order chi connectivity index (χ1) is 28.7. The molecule has 0 aliphatic rings. The van der Waals surface area contributed by atoms with Crippen molar-refractivity contribution in [3.8, 4) is 39.1 Å². The SMILES string of the molecule is Cc1cc(N(c2ccc(-c3ccccc3)cc2)c2cc(-c3cccc(-n4c5ccccc5c5ccccc54)c3)c3oc4ccccc4c3c2)ccc1-c1ccccc1. The second kappa shape index (κ2) is 13.8. The van der Waals surface area contributed by atoms with Crippen molar-refractivity contribution >= 4 is 60.8 Å². The van der Waals surface area contributed by atoms with Crippen LogP contribution < -0.4 is 4.90 Å². The largest absolute Gasteiger partial charge is 0.455 e. The van der Waals surface area contributed by atoms with Gasteiger partial charge in [0.1, 0.15) is 11.2 Å². The lowest BCUT2D eigenvalue weighted by Crippen LogP contribution is -2.10. The van der Waals surface area contributed by atoms with Gasteiger partial charge in [-0.15, -0.1) is 0 Å². The van der Waals surface area contributed by atoms with Gasteiger partial charge in [0.05, 0.1) is 11.0 Å². The third-order valence-corrected chi connectivity index (χ3v) is 11.5. The molecule has 0 aliphatic heterocycles. The van der Waals surface area contributed by atoms with Crippen molar-refractivity contribution in [2.45, 2.75) is 6.92 Å². The Hall–Kier alpha value is -7.62. The maximum absolute atomic E-state index is 6.78. The Morgan fingerprint density at radius 2 is 0.966 bits per heavy atom. The van der Waals surface area contributed by atoms with Crippen molar-refractivity contribution in [1.29, 1.82) is 0 Å². The third-order valence-electron chi connectivity index (χ3n) is 11.5. The monoisotopic (exact) mass is 742 g/mol. The topological polar surface area (TPSA) is 21.3 Å². The van der Waals surface area contributed by atoms with Crippen molar-refractivity contribution < 1.29 is 4.42 Å². The van der Waals surface area contributed by atoms with Crippen molar-refractivity contribution in [3.05, 3.63) is 218 Å². The van der Waals surface area contributed by atoms with E-state index in [9.17, 15) is 0 Å². The van der Waals surface area contributed by atoms with Crippen LogP contribution in [0, 0.1) is 6.92 Å². The smallest absolute Gasteiger partial charge is 0.143 e. The normalized spacial score (nSPS) is 11.5. The quantitative estimate of drug-likeness (QED) is 0.162. The highest BCUT2D eigenvalue weighted by atomic mass is 16.3. The van der Waals surface area contributed by atoms with Gasteiger partial charge in [-0.25, -0.2) is 0 Å². The number of rotatable bonds is 7. The van der Waals surface area contributed by atoms with E-state index in [1.807, 2.05) is 6.07 Å². The Kier molecular flexibility index (Phi) is 8.04. The molecule has 11 rings (SSSR count). The molecule has 0 saturated heterocycles. The number of aryl methyl sites for hydroxylation is 1. The molecule has 9 aromatic carbocycles. The van der Waals surface area contributed by atoms with Crippen LogP contribution in [-0.4, -0.2) is 4.57 Å². The van der Waals surface area contributed by atoms with Gasteiger partial charge in [0.2, 0.25) is 0 Å². The molecule has 0 aliphatic carbocycles. The van der Waals surface area contributed by atoms with Gasteiger partial charge in [-0.2, -0.15) is 0 Å². The number of para-hydroxylation sites is 3. The maximum Gasteiger partial charge on any atom is 0.143 e. The van der Waals surface area contributed by atoms with Crippen molar-refractivity contribution in [3.63, 3.8) is 0 Å². The van der Waals surface area contributed by atoms with E-state index >= 15 is 0 Å². The molecule has 3 nitrogen and oxygen atoms in total. The van der Waals surface area contributed by atoms with Crippen LogP contribution in [0.3, 0.4) is 0 Å². The fourth-order valence-corrected chi connectivity index (χ4v) is 8.78. The molecular formula is C55H38N2O. The third kappa shape index (κ3) is 5.67. The summed E-state index contributed by atoms with van der Waals surface area (Å²) in [6, 6.07) is 76.2. The molecule has 0 saturated carbocycles. The Morgan fingerprint density at radius 3 is 1.67 bits per heavy atom. The molecule has 3 heteroatoms. The van der Waals surface area contributed by atoms with Crippen LogP contribution in [0.1, 0.15) is 5.56 Å². The van der Waals surface area contributed by atoms with Gasteiger partial charge in [0.15, 0.2) is 0 Å². The first kappa shape index (κ1) is 33.7. The minimum atomic E-state index is 0.872. The van der Waals surface area contributed by atoms with E-state index in [1.165, 1.54) is 49.6 Å². The number of aromatic nitrogens is 1. The molecule has 0 N–H and O–H groups in total. The van der Waals surface area contributed by atoms with Crippen molar-refractivity contribution in [2.75, 3.05) is 4.90 Å². The van der Waals surface area contributed by atoms with E-state index in [0.29, 0.717) is 0 Å². The van der Waals surface area contributed by atoms with Gasteiger partial charge in [0.25, 0.3) is 0 Å². The predicted octanol–water partition coefficient (Wildman–Crippen LogP) is 15.5. The van der Waals surface area contributed by atoms with Gasteiger partial charge in [-0.3, -0.25) is 0 Å². The minimum absolute atomic E-state index is 0.872. The first-order valence-electron chi connectivity index (χ1n) is 19.8. The van der Waals surface area contributed by atoms with Crippen molar-refractivity contribution in [2.24, 2.45) is 0 Å². The summed E-state index contributed by atoms with van der Waals surface area (Å²) < 4.78 is 9.16. The van der Waals surface area contributed by atoms with E-state index < -0.39 is 0 Å². The Morgan fingerprint density at radius 1 is 0.379 bits per heavy atom. The summed E-state index contributed by atoms with van der Waals surface area (Å²) in [7, 11) is 0. The van der Waals surface area contributed by atoms with E-state index in [1.54, 1.807) is 0 Å². The molecule has 0 fully saturated rings. The molecular weight excluding hydrogens is 705 g/mol. The number of fused-ring (bicyclic) bond motifs is 6. The highest BCUT2D eigenvalue weighted by Crippen LogP contribution is 2.45. The summed E-state index contributed by atoms with van der Waals surface area (Å²) in [4.78, 5) is 2.39. The Labute approximate surface area is 337 Å². The second-order valence-corrected chi connectivity index (χ2v) is 15.0. The number of anilines is 3. The first-order valence-corrected chi connectivity index (χ1v) is 19.8. The average molecular weight is 743 g/mol. The number of hydrogen-bond donors (Lipinski definition) is 0. The van der Waals surface area contributed by atoms with Crippen LogP contribution in [-0.2, 0) is 0 Å². The Bertz CT molecular complexity index is 3230. The number of hydrogen-bond acceptors (Lipinski definition) is 2. The number of furan rings is 1. The second-order valence-electron chi connectivity index (χ2n) is 15.0. The fourth-order valence-electron chi connectivity index (χ4n) is 8.78. The zero-order valence-corrected chi connectivity index (χ0v) is 32.0. The zero-order valence-electron chi connectivity index (χ0n) is 32.0. The predicted molar refractivity (Wildman–Crippen MR) is 244 cm³/mol. The summed E-state index contributed by atoms with van der Waals surface area (Å²) in [6.45, 7) is 2.21. The van der Waals surface area contributed by atoms with Crippen LogP contribution in [0.25, 0.3) is 82.8 Å². The summed E-state index contributed by atoms with van der Waals surface area (Å²) in [5, 5.41) is 4.66. The number of benzene rings is 9. The summed E-state index contributed by atoms with van der Waals surface area (Å²) >= 11 is 0. The van der Waals surface area contributed by atoms with Gasteiger partial charge in [0, 0.05) is 49.9 Å². The van der Waals surface area contributed by atoms with E-state index in [0.717, 1.165) is 55.8 Å². The van der Waals surface area contributed by atoms with Crippen LogP contribution in [0.4, 0.5) is 17.1 Å². The lowest BCUT2D eigenvalue weighted by atomic mass is 9.98. The summed E-state index contributed by atoms with van der Waals surface area (Å²) in [6.07, 6.45) is 0. The molecule has 274 valence electrons. The zero-order chi connectivity index (χ0) is 38.6. The van der Waals surface area contributed by atoms with Gasteiger partial charge in [-0.1, -0.05) is 146 Å². The maximum atomic E-state index is 6.78.